The van der Waals surface area contributed by atoms with Crippen molar-refractivity contribution in [1.29, 1.82) is 0 Å². The number of rotatable bonds is 4. The highest BCUT2D eigenvalue weighted by Gasteiger charge is 2.41. The van der Waals surface area contributed by atoms with Crippen LogP contribution in [0.4, 0.5) is 0 Å². The average Bonchev–Trinajstić information content (AvgIpc) is 3.37. The standard InChI is InChI=1S/C25H33N3O3S/c1-15-11-16(2)21(30-23(29)24(3,4)5)18(12-15)25(6)13-19(28-31-25)20-14-32-22(27-20)17-7-9-26-10-8-17/h11-12,14,17,26H,7-10,13H2,1-6H3. The summed E-state index contributed by atoms with van der Waals surface area (Å²) in [6, 6.07) is 4.07. The molecular weight excluding hydrogens is 422 g/mol. The molecule has 0 radical (unpaired) electrons. The summed E-state index contributed by atoms with van der Waals surface area (Å²) >= 11 is 1.71. The third-order valence-corrected chi connectivity index (χ3v) is 7.17. The molecule has 1 unspecified atom stereocenters. The summed E-state index contributed by atoms with van der Waals surface area (Å²) in [4.78, 5) is 23.6. The molecule has 1 fully saturated rings. The number of nitrogens with one attached hydrogen (secondary N) is 1. The van der Waals surface area contributed by atoms with E-state index < -0.39 is 11.0 Å². The molecule has 0 bridgehead atoms. The van der Waals surface area contributed by atoms with E-state index in [1.165, 1.54) is 5.01 Å². The lowest BCUT2D eigenvalue weighted by Gasteiger charge is -2.27. The van der Waals surface area contributed by atoms with Crippen LogP contribution in [0.15, 0.2) is 22.7 Å². The number of ether oxygens (including phenoxy) is 1. The summed E-state index contributed by atoms with van der Waals surface area (Å²) in [5.41, 5.74) is 3.27. The maximum absolute atomic E-state index is 12.7. The molecular formula is C25H33N3O3S. The first kappa shape index (κ1) is 22.9. The zero-order valence-electron chi connectivity index (χ0n) is 19.9. The van der Waals surface area contributed by atoms with Crippen LogP contribution < -0.4 is 10.1 Å². The second kappa shape index (κ2) is 8.60. The number of aryl methyl sites for hydroxylation is 2. The Morgan fingerprint density at radius 3 is 2.66 bits per heavy atom. The van der Waals surface area contributed by atoms with Crippen molar-refractivity contribution < 1.29 is 14.4 Å². The Labute approximate surface area is 194 Å². The van der Waals surface area contributed by atoms with Gasteiger partial charge < -0.3 is 14.9 Å². The summed E-state index contributed by atoms with van der Waals surface area (Å²) < 4.78 is 5.91. The minimum atomic E-state index is -0.724. The molecule has 2 aromatic rings. The second-order valence-electron chi connectivity index (χ2n) is 10.2. The van der Waals surface area contributed by atoms with Crippen molar-refractivity contribution >= 4 is 23.0 Å². The van der Waals surface area contributed by atoms with E-state index >= 15 is 0 Å². The Morgan fingerprint density at radius 2 is 1.97 bits per heavy atom. The Bertz CT molecular complexity index is 1050. The van der Waals surface area contributed by atoms with E-state index in [2.05, 4.69) is 15.9 Å². The van der Waals surface area contributed by atoms with Gasteiger partial charge in [0.1, 0.15) is 11.5 Å². The van der Waals surface area contributed by atoms with Crippen LogP contribution in [0.5, 0.6) is 5.75 Å². The van der Waals surface area contributed by atoms with Gasteiger partial charge in [-0.1, -0.05) is 16.8 Å². The average molecular weight is 456 g/mol. The van der Waals surface area contributed by atoms with Gasteiger partial charge in [-0.05, 0) is 79.1 Å². The van der Waals surface area contributed by atoms with E-state index in [9.17, 15) is 4.79 Å². The molecule has 1 N–H and O–H groups in total. The van der Waals surface area contributed by atoms with Crippen molar-refractivity contribution in [2.45, 2.75) is 72.3 Å². The molecule has 0 aliphatic carbocycles. The summed E-state index contributed by atoms with van der Waals surface area (Å²) in [6.45, 7) is 13.7. The Hall–Kier alpha value is -2.25. The van der Waals surface area contributed by atoms with Crippen molar-refractivity contribution in [2.75, 3.05) is 13.1 Å². The van der Waals surface area contributed by atoms with Crippen LogP contribution in [-0.4, -0.2) is 29.8 Å². The van der Waals surface area contributed by atoms with Crippen LogP contribution in [0.1, 0.15) is 80.3 Å². The molecule has 2 aliphatic rings. The highest BCUT2D eigenvalue weighted by atomic mass is 32.1. The fourth-order valence-corrected chi connectivity index (χ4v) is 5.23. The second-order valence-corrected chi connectivity index (χ2v) is 11.1. The number of nitrogens with zero attached hydrogens (tertiary/aromatic N) is 2. The number of carbonyl (C=O) groups excluding carboxylic acids is 1. The first-order chi connectivity index (χ1) is 15.1. The molecule has 6 nitrogen and oxygen atoms in total. The highest BCUT2D eigenvalue weighted by molar-refractivity contribution is 7.10. The van der Waals surface area contributed by atoms with Crippen molar-refractivity contribution in [3.8, 4) is 5.75 Å². The zero-order valence-corrected chi connectivity index (χ0v) is 20.7. The largest absolute Gasteiger partial charge is 0.425 e. The molecule has 2 aliphatic heterocycles. The third kappa shape index (κ3) is 4.59. The Balaban J connectivity index is 1.59. The van der Waals surface area contributed by atoms with Crippen molar-refractivity contribution in [2.24, 2.45) is 10.6 Å². The smallest absolute Gasteiger partial charge is 0.316 e. The van der Waals surface area contributed by atoms with Gasteiger partial charge in [0.05, 0.1) is 16.1 Å². The van der Waals surface area contributed by atoms with E-state index in [0.29, 0.717) is 18.1 Å². The fourth-order valence-electron chi connectivity index (χ4n) is 4.23. The number of hydrogen-bond donors (Lipinski definition) is 1. The Morgan fingerprint density at radius 1 is 1.25 bits per heavy atom. The number of thiazole rings is 1. The monoisotopic (exact) mass is 455 g/mol. The quantitative estimate of drug-likeness (QED) is 0.506. The molecule has 3 heterocycles. The minimum absolute atomic E-state index is 0.264. The first-order valence-electron chi connectivity index (χ1n) is 11.3. The number of benzene rings is 1. The molecule has 0 amide bonds. The van der Waals surface area contributed by atoms with Gasteiger partial charge in [0, 0.05) is 23.3 Å². The first-order valence-corrected chi connectivity index (χ1v) is 12.2. The van der Waals surface area contributed by atoms with Crippen LogP contribution >= 0.6 is 11.3 Å². The van der Waals surface area contributed by atoms with E-state index in [1.807, 2.05) is 53.7 Å². The number of hydrogen-bond acceptors (Lipinski definition) is 7. The van der Waals surface area contributed by atoms with Gasteiger partial charge in [-0.2, -0.15) is 0 Å². The summed E-state index contributed by atoms with van der Waals surface area (Å²) in [5.74, 6) is 0.829. The normalized spacial score (nSPS) is 21.9. The fraction of sp³-hybridized carbons (Fsp3) is 0.560. The van der Waals surface area contributed by atoms with Crippen LogP contribution in [0.25, 0.3) is 0 Å². The maximum Gasteiger partial charge on any atom is 0.316 e. The molecule has 1 aromatic carbocycles. The van der Waals surface area contributed by atoms with Gasteiger partial charge in [0.25, 0.3) is 0 Å². The maximum atomic E-state index is 12.7. The van der Waals surface area contributed by atoms with E-state index in [0.717, 1.165) is 54.0 Å². The van der Waals surface area contributed by atoms with Gasteiger partial charge in [-0.15, -0.1) is 11.3 Å². The van der Waals surface area contributed by atoms with Crippen LogP contribution in [0, 0.1) is 19.3 Å². The summed E-state index contributed by atoms with van der Waals surface area (Å²) in [6.07, 6.45) is 2.82. The van der Waals surface area contributed by atoms with Gasteiger partial charge in [-0.3, -0.25) is 4.79 Å². The lowest BCUT2D eigenvalue weighted by Crippen LogP contribution is -2.29. The predicted molar refractivity (Wildman–Crippen MR) is 128 cm³/mol. The lowest BCUT2D eigenvalue weighted by atomic mass is 9.87. The van der Waals surface area contributed by atoms with Crippen molar-refractivity contribution in [1.82, 2.24) is 10.3 Å². The topological polar surface area (TPSA) is 72.8 Å². The molecule has 0 saturated carbocycles. The number of piperidine rings is 1. The molecule has 32 heavy (non-hydrogen) atoms. The van der Waals surface area contributed by atoms with Gasteiger partial charge in [0.2, 0.25) is 0 Å². The molecule has 0 spiro atoms. The molecule has 4 rings (SSSR count). The van der Waals surface area contributed by atoms with Gasteiger partial charge >= 0.3 is 5.97 Å². The number of carbonyl (C=O) groups is 1. The number of esters is 1. The molecule has 1 atom stereocenters. The van der Waals surface area contributed by atoms with Gasteiger partial charge in [0.15, 0.2) is 5.60 Å². The SMILES string of the molecule is Cc1cc(C)c(OC(=O)C(C)(C)C)c(C2(C)CC(c3csc(C4CCNCC4)n3)=NO2)c1. The molecule has 1 saturated heterocycles. The van der Waals surface area contributed by atoms with Crippen molar-refractivity contribution in [3.63, 3.8) is 0 Å². The lowest BCUT2D eigenvalue weighted by molar-refractivity contribution is -0.143. The van der Waals surface area contributed by atoms with Crippen LogP contribution in [0.2, 0.25) is 0 Å². The summed E-state index contributed by atoms with van der Waals surface area (Å²) in [5, 5.41) is 11.1. The van der Waals surface area contributed by atoms with E-state index in [-0.39, 0.29) is 5.97 Å². The zero-order chi connectivity index (χ0) is 23.1. The molecule has 172 valence electrons. The predicted octanol–water partition coefficient (Wildman–Crippen LogP) is 5.22. The van der Waals surface area contributed by atoms with E-state index in [1.54, 1.807) is 11.3 Å². The van der Waals surface area contributed by atoms with Crippen LogP contribution in [-0.2, 0) is 15.2 Å². The molecule has 1 aromatic heterocycles. The summed E-state index contributed by atoms with van der Waals surface area (Å²) in [7, 11) is 0. The third-order valence-electron chi connectivity index (χ3n) is 6.16. The number of aromatic nitrogens is 1. The number of oxime groups is 1. The Kier molecular flexibility index (Phi) is 6.16. The van der Waals surface area contributed by atoms with Crippen molar-refractivity contribution in [3.05, 3.63) is 44.9 Å². The molecule has 7 heteroatoms. The van der Waals surface area contributed by atoms with Crippen LogP contribution in [0.3, 0.4) is 0 Å². The minimum Gasteiger partial charge on any atom is -0.425 e. The highest BCUT2D eigenvalue weighted by Crippen LogP contribution is 2.43. The van der Waals surface area contributed by atoms with E-state index in [4.69, 9.17) is 14.6 Å². The van der Waals surface area contributed by atoms with Gasteiger partial charge in [-0.25, -0.2) is 4.98 Å².